The maximum Gasteiger partial charge on any atom is 0.242 e. The van der Waals surface area contributed by atoms with Crippen LogP contribution in [0.5, 0.6) is 5.75 Å². The van der Waals surface area contributed by atoms with E-state index in [1.165, 1.54) is 0 Å². The van der Waals surface area contributed by atoms with E-state index >= 15 is 0 Å². The van der Waals surface area contributed by atoms with Crippen molar-refractivity contribution in [3.63, 3.8) is 0 Å². The van der Waals surface area contributed by atoms with Gasteiger partial charge >= 0.3 is 0 Å². The highest BCUT2D eigenvalue weighted by atomic mass is 16.5. The van der Waals surface area contributed by atoms with Gasteiger partial charge in [-0.05, 0) is 17.7 Å². The highest BCUT2D eigenvalue weighted by Gasteiger charge is 2.24. The van der Waals surface area contributed by atoms with E-state index < -0.39 is 18.5 Å². The molecule has 0 saturated carbocycles. The second-order valence-corrected chi connectivity index (χ2v) is 7.74. The lowest BCUT2D eigenvalue weighted by Crippen LogP contribution is -2.22. The number of aromatic amines is 1. The minimum Gasteiger partial charge on any atom is -0.490 e. The lowest BCUT2D eigenvalue weighted by molar-refractivity contribution is -0.104. The maximum absolute atomic E-state index is 12.5. The first-order valence-electron chi connectivity index (χ1n) is 10.5. The molecule has 4 rings (SSSR count). The van der Waals surface area contributed by atoms with E-state index in [9.17, 15) is 14.7 Å². The Morgan fingerprint density at radius 1 is 1.18 bits per heavy atom. The third-order valence-corrected chi connectivity index (χ3v) is 5.67. The molecule has 33 heavy (non-hydrogen) atoms. The SMILES string of the molecule is Cn1cc(-c2c[nH]c(C(=O)C=O)c2-c2cccc(OCC(O)CO)c2CN)c2ccccc21. The zero-order chi connectivity index (χ0) is 23.5. The van der Waals surface area contributed by atoms with Crippen LogP contribution in [-0.2, 0) is 18.4 Å². The number of hydrogen-bond acceptors (Lipinski definition) is 6. The van der Waals surface area contributed by atoms with Gasteiger partial charge in [0.1, 0.15) is 18.5 Å². The number of para-hydroxylation sites is 1. The maximum atomic E-state index is 12.5. The fourth-order valence-electron chi connectivity index (χ4n) is 4.11. The molecule has 0 spiro atoms. The molecule has 8 nitrogen and oxygen atoms in total. The standard InChI is InChI=1S/C25H25N3O5/c1-28-11-20(16-5-2-3-7-21(16)28)19-10-27-25(22(32)13-30)24(19)17-6-4-8-23(18(17)9-26)33-14-15(31)12-29/h2-8,10-11,13,15,27,29,31H,9,12,14,26H2,1H3. The van der Waals surface area contributed by atoms with Crippen LogP contribution >= 0.6 is 0 Å². The second-order valence-electron chi connectivity index (χ2n) is 7.74. The van der Waals surface area contributed by atoms with Crippen LogP contribution in [-0.4, -0.2) is 51.2 Å². The van der Waals surface area contributed by atoms with E-state index in [2.05, 4.69) is 4.98 Å². The molecular formula is C25H25N3O5. The van der Waals surface area contributed by atoms with Crippen LogP contribution < -0.4 is 10.5 Å². The van der Waals surface area contributed by atoms with E-state index in [-0.39, 0.29) is 25.1 Å². The number of aldehydes is 1. The number of rotatable bonds is 9. The number of aromatic nitrogens is 2. The number of nitrogens with zero attached hydrogens (tertiary/aromatic N) is 1. The van der Waals surface area contributed by atoms with Crippen LogP contribution in [0.25, 0.3) is 33.2 Å². The average molecular weight is 447 g/mol. The third-order valence-electron chi connectivity index (χ3n) is 5.67. The Balaban J connectivity index is 1.95. The quantitative estimate of drug-likeness (QED) is 0.177. The summed E-state index contributed by atoms with van der Waals surface area (Å²) in [6, 6.07) is 13.2. The molecular weight excluding hydrogens is 422 g/mol. The number of aryl methyl sites for hydroxylation is 1. The van der Waals surface area contributed by atoms with Gasteiger partial charge in [0.25, 0.3) is 0 Å². The minimum atomic E-state index is -1.04. The number of aliphatic hydroxyl groups is 2. The third kappa shape index (κ3) is 4.07. The number of hydrogen-bond donors (Lipinski definition) is 4. The Kier molecular flexibility index (Phi) is 6.41. The van der Waals surface area contributed by atoms with E-state index in [0.29, 0.717) is 22.4 Å². The summed E-state index contributed by atoms with van der Waals surface area (Å²) in [6.45, 7) is -0.454. The summed E-state index contributed by atoms with van der Waals surface area (Å²) in [7, 11) is 1.95. The van der Waals surface area contributed by atoms with Crippen molar-refractivity contribution in [1.82, 2.24) is 9.55 Å². The number of nitrogens with two attached hydrogens (primary N) is 1. The van der Waals surface area contributed by atoms with Crippen LogP contribution in [0.4, 0.5) is 0 Å². The van der Waals surface area contributed by atoms with Gasteiger partial charge in [0.15, 0.2) is 6.29 Å². The highest BCUT2D eigenvalue weighted by Crippen LogP contribution is 2.42. The topological polar surface area (TPSA) is 131 Å². The number of ketones is 1. The first-order chi connectivity index (χ1) is 16.0. The number of nitrogens with one attached hydrogen (secondary N) is 1. The number of fused-ring (bicyclic) bond motifs is 1. The molecule has 0 fully saturated rings. The van der Waals surface area contributed by atoms with Crippen molar-refractivity contribution in [2.75, 3.05) is 13.2 Å². The summed E-state index contributed by atoms with van der Waals surface area (Å²) in [4.78, 5) is 26.9. The van der Waals surface area contributed by atoms with Crippen LogP contribution in [0.1, 0.15) is 16.1 Å². The summed E-state index contributed by atoms with van der Waals surface area (Å²) in [5, 5.41) is 19.8. The van der Waals surface area contributed by atoms with Gasteiger partial charge in [-0.25, -0.2) is 0 Å². The second kappa shape index (κ2) is 9.41. The van der Waals surface area contributed by atoms with Crippen molar-refractivity contribution < 1.29 is 24.5 Å². The van der Waals surface area contributed by atoms with Gasteiger partial charge in [-0.1, -0.05) is 30.3 Å². The summed E-state index contributed by atoms with van der Waals surface area (Å²) < 4.78 is 7.71. The number of carbonyl (C=O) groups is 2. The average Bonchev–Trinajstić information content (AvgIpc) is 3.43. The van der Waals surface area contributed by atoms with Gasteiger partial charge in [0, 0.05) is 59.1 Å². The van der Waals surface area contributed by atoms with Crippen LogP contribution in [0.15, 0.2) is 54.9 Å². The highest BCUT2D eigenvalue weighted by molar-refractivity contribution is 6.35. The summed E-state index contributed by atoms with van der Waals surface area (Å²) in [6.07, 6.45) is 2.94. The molecule has 2 aromatic carbocycles. The molecule has 2 heterocycles. The number of aliphatic hydroxyl groups excluding tert-OH is 2. The van der Waals surface area contributed by atoms with Crippen LogP contribution in [0.2, 0.25) is 0 Å². The molecule has 0 aliphatic heterocycles. The Morgan fingerprint density at radius 3 is 2.70 bits per heavy atom. The first-order valence-corrected chi connectivity index (χ1v) is 10.5. The van der Waals surface area contributed by atoms with Crippen molar-refractivity contribution in [2.24, 2.45) is 12.8 Å². The van der Waals surface area contributed by atoms with E-state index in [1.54, 1.807) is 18.3 Å². The Morgan fingerprint density at radius 2 is 1.97 bits per heavy atom. The summed E-state index contributed by atoms with van der Waals surface area (Å²) >= 11 is 0. The van der Waals surface area contributed by atoms with Crippen molar-refractivity contribution in [1.29, 1.82) is 0 Å². The molecule has 0 aliphatic rings. The summed E-state index contributed by atoms with van der Waals surface area (Å²) in [5.41, 5.74) is 10.7. The predicted molar refractivity (Wildman–Crippen MR) is 125 cm³/mol. The molecule has 1 atom stereocenters. The van der Waals surface area contributed by atoms with E-state index in [1.807, 2.05) is 48.1 Å². The Hall–Kier alpha value is -3.72. The number of ether oxygens (including phenoxy) is 1. The zero-order valence-corrected chi connectivity index (χ0v) is 18.1. The smallest absolute Gasteiger partial charge is 0.242 e. The van der Waals surface area contributed by atoms with Gasteiger partial charge in [0.05, 0.1) is 12.3 Å². The van der Waals surface area contributed by atoms with Crippen molar-refractivity contribution in [2.45, 2.75) is 12.6 Å². The van der Waals surface area contributed by atoms with Gasteiger partial charge in [-0.15, -0.1) is 0 Å². The zero-order valence-electron chi connectivity index (χ0n) is 18.1. The number of benzene rings is 2. The molecule has 170 valence electrons. The number of carbonyl (C=O) groups excluding carboxylic acids is 2. The largest absolute Gasteiger partial charge is 0.490 e. The van der Waals surface area contributed by atoms with Gasteiger partial charge in [-0.2, -0.15) is 0 Å². The fourth-order valence-corrected chi connectivity index (χ4v) is 4.11. The number of Topliss-reactive ketones (excluding diaryl/α,β-unsaturated/α-hetero) is 1. The molecule has 4 aromatic rings. The molecule has 1 unspecified atom stereocenters. The molecule has 2 aromatic heterocycles. The summed E-state index contributed by atoms with van der Waals surface area (Å²) in [5.74, 6) is -0.251. The Bertz CT molecular complexity index is 1320. The molecule has 0 aliphatic carbocycles. The molecule has 0 amide bonds. The molecule has 0 saturated heterocycles. The lowest BCUT2D eigenvalue weighted by atomic mass is 9.91. The normalized spacial score (nSPS) is 12.1. The molecule has 8 heteroatoms. The van der Waals surface area contributed by atoms with Crippen molar-refractivity contribution in [3.05, 3.63) is 66.1 Å². The molecule has 0 bridgehead atoms. The van der Waals surface area contributed by atoms with Crippen LogP contribution in [0, 0.1) is 0 Å². The van der Waals surface area contributed by atoms with Crippen LogP contribution in [0.3, 0.4) is 0 Å². The monoisotopic (exact) mass is 447 g/mol. The van der Waals surface area contributed by atoms with Gasteiger partial charge in [0.2, 0.25) is 5.78 Å². The molecule has 0 radical (unpaired) electrons. The Labute approximate surface area is 190 Å². The first kappa shape index (κ1) is 22.5. The number of H-pyrrole nitrogens is 1. The van der Waals surface area contributed by atoms with Gasteiger partial charge < -0.3 is 30.2 Å². The van der Waals surface area contributed by atoms with Gasteiger partial charge in [-0.3, -0.25) is 9.59 Å². The fraction of sp³-hybridized carbons (Fsp3) is 0.200. The predicted octanol–water partition coefficient (Wildman–Crippen LogP) is 2.41. The van der Waals surface area contributed by atoms with E-state index in [4.69, 9.17) is 15.6 Å². The van der Waals surface area contributed by atoms with Crippen molar-refractivity contribution in [3.8, 4) is 28.0 Å². The molecule has 5 N–H and O–H groups in total. The van der Waals surface area contributed by atoms with E-state index in [0.717, 1.165) is 22.0 Å². The minimum absolute atomic E-state index is 0.0929. The van der Waals surface area contributed by atoms with Crippen molar-refractivity contribution >= 4 is 23.0 Å². The lowest BCUT2D eigenvalue weighted by Gasteiger charge is -2.17.